The summed E-state index contributed by atoms with van der Waals surface area (Å²) in [5, 5.41) is 5.42. The first-order valence-corrected chi connectivity index (χ1v) is 6.62. The lowest BCUT2D eigenvalue weighted by Gasteiger charge is -2.21. The number of hydrogen-bond acceptors (Lipinski definition) is 5. The highest BCUT2D eigenvalue weighted by atomic mass is 19.4. The molecule has 21 heavy (non-hydrogen) atoms. The Morgan fingerprint density at radius 3 is 2.86 bits per heavy atom. The van der Waals surface area contributed by atoms with Gasteiger partial charge in [-0.3, -0.25) is 4.79 Å². The molecular formula is C12H16F3N5O. The predicted octanol–water partition coefficient (Wildman–Crippen LogP) is 1.25. The maximum atomic E-state index is 12.9. The molecule has 1 amide bonds. The van der Waals surface area contributed by atoms with Crippen molar-refractivity contribution in [2.75, 3.05) is 36.4 Å². The Morgan fingerprint density at radius 1 is 1.43 bits per heavy atom. The van der Waals surface area contributed by atoms with Crippen LogP contribution >= 0.6 is 0 Å². The molecule has 1 aromatic heterocycles. The number of halogens is 3. The second-order valence-electron chi connectivity index (χ2n) is 4.59. The topological polar surface area (TPSA) is 70.2 Å². The summed E-state index contributed by atoms with van der Waals surface area (Å²) in [4.78, 5) is 20.1. The lowest BCUT2D eigenvalue weighted by atomic mass is 10.3. The number of alkyl halides is 3. The molecule has 1 aliphatic heterocycles. The van der Waals surface area contributed by atoms with Crippen LogP contribution in [-0.2, 0) is 11.0 Å². The van der Waals surface area contributed by atoms with E-state index in [0.717, 1.165) is 0 Å². The van der Waals surface area contributed by atoms with Crippen molar-refractivity contribution >= 4 is 17.5 Å². The molecule has 0 spiro atoms. The van der Waals surface area contributed by atoms with E-state index >= 15 is 0 Å². The van der Waals surface area contributed by atoms with E-state index in [1.165, 1.54) is 11.0 Å². The van der Waals surface area contributed by atoms with Crippen LogP contribution in [0.4, 0.5) is 24.8 Å². The van der Waals surface area contributed by atoms with E-state index in [4.69, 9.17) is 0 Å². The maximum absolute atomic E-state index is 12.9. The minimum absolute atomic E-state index is 0.0140. The number of anilines is 2. The molecule has 6 nitrogen and oxygen atoms in total. The maximum Gasteiger partial charge on any atom is 0.451 e. The van der Waals surface area contributed by atoms with Gasteiger partial charge in [-0.05, 0) is 13.3 Å². The molecule has 1 aliphatic rings. The van der Waals surface area contributed by atoms with E-state index < -0.39 is 12.0 Å². The summed E-state index contributed by atoms with van der Waals surface area (Å²) in [5.41, 5.74) is 0. The summed E-state index contributed by atoms with van der Waals surface area (Å²) in [7, 11) is 0. The van der Waals surface area contributed by atoms with Gasteiger partial charge in [0.05, 0.1) is 6.54 Å². The van der Waals surface area contributed by atoms with Crippen molar-refractivity contribution in [3.05, 3.63) is 11.9 Å². The highest BCUT2D eigenvalue weighted by Crippen LogP contribution is 2.29. The molecule has 0 saturated carbocycles. The lowest BCUT2D eigenvalue weighted by Crippen LogP contribution is -2.34. The molecule has 2 N–H and O–H groups in total. The summed E-state index contributed by atoms with van der Waals surface area (Å²) < 4.78 is 38.6. The third-order valence-electron chi connectivity index (χ3n) is 2.91. The van der Waals surface area contributed by atoms with Gasteiger partial charge in [0.25, 0.3) is 0 Å². The van der Waals surface area contributed by atoms with Gasteiger partial charge in [-0.2, -0.15) is 13.2 Å². The molecule has 1 saturated heterocycles. The van der Waals surface area contributed by atoms with E-state index in [-0.39, 0.29) is 24.1 Å². The Hall–Kier alpha value is -2.06. The van der Waals surface area contributed by atoms with Crippen LogP contribution in [-0.4, -0.2) is 42.1 Å². The van der Waals surface area contributed by atoms with Crippen molar-refractivity contribution in [2.45, 2.75) is 19.5 Å². The summed E-state index contributed by atoms with van der Waals surface area (Å²) >= 11 is 0. The first-order chi connectivity index (χ1) is 9.90. The molecule has 2 rings (SSSR count). The van der Waals surface area contributed by atoms with Crippen LogP contribution in [0.1, 0.15) is 19.2 Å². The minimum Gasteiger partial charge on any atom is -0.370 e. The van der Waals surface area contributed by atoms with Gasteiger partial charge < -0.3 is 15.5 Å². The fourth-order valence-corrected chi connectivity index (χ4v) is 2.00. The fourth-order valence-electron chi connectivity index (χ4n) is 2.00. The van der Waals surface area contributed by atoms with Crippen molar-refractivity contribution in [1.29, 1.82) is 0 Å². The molecule has 116 valence electrons. The molecule has 0 aromatic carbocycles. The van der Waals surface area contributed by atoms with Crippen LogP contribution < -0.4 is 15.5 Å². The average Bonchev–Trinajstić information content (AvgIpc) is 2.62. The Kier molecular flexibility index (Phi) is 4.49. The normalized spacial score (nSPS) is 16.4. The third-order valence-corrected chi connectivity index (χ3v) is 2.91. The number of carbonyl (C=O) groups is 1. The van der Waals surface area contributed by atoms with Crippen molar-refractivity contribution < 1.29 is 18.0 Å². The smallest absolute Gasteiger partial charge is 0.370 e. The first-order valence-electron chi connectivity index (χ1n) is 6.62. The molecule has 0 radical (unpaired) electrons. The first kappa shape index (κ1) is 15.3. The molecule has 0 unspecified atom stereocenters. The van der Waals surface area contributed by atoms with E-state index in [0.29, 0.717) is 26.1 Å². The standard InChI is InChI=1S/C12H16F3N5O/c1-2-16-8-6-9(19-11(18-8)12(13,14)15)20-5-3-4-17-10(21)7-20/h6H,2-5,7H2,1H3,(H,17,21)(H,16,18,19). The number of carbonyl (C=O) groups excluding carboxylic acids is 1. The van der Waals surface area contributed by atoms with E-state index in [2.05, 4.69) is 20.6 Å². The average molecular weight is 303 g/mol. The Balaban J connectivity index is 2.36. The van der Waals surface area contributed by atoms with Crippen LogP contribution in [0.3, 0.4) is 0 Å². The van der Waals surface area contributed by atoms with Crippen molar-refractivity contribution in [2.24, 2.45) is 0 Å². The van der Waals surface area contributed by atoms with Crippen LogP contribution in [0.5, 0.6) is 0 Å². The molecule has 1 fully saturated rings. The van der Waals surface area contributed by atoms with Gasteiger partial charge in [0, 0.05) is 25.7 Å². The number of aromatic nitrogens is 2. The number of amides is 1. The quantitative estimate of drug-likeness (QED) is 0.879. The molecule has 0 aliphatic carbocycles. The van der Waals surface area contributed by atoms with Gasteiger partial charge in [-0.1, -0.05) is 0 Å². The molecule has 2 heterocycles. The van der Waals surface area contributed by atoms with Crippen molar-refractivity contribution in [3.63, 3.8) is 0 Å². The zero-order chi connectivity index (χ0) is 15.5. The highest BCUT2D eigenvalue weighted by Gasteiger charge is 2.36. The fraction of sp³-hybridized carbons (Fsp3) is 0.583. The Bertz CT molecular complexity index is 520. The molecule has 9 heteroatoms. The van der Waals surface area contributed by atoms with Crippen LogP contribution in [0.2, 0.25) is 0 Å². The number of nitrogens with one attached hydrogen (secondary N) is 2. The Labute approximate surface area is 119 Å². The Morgan fingerprint density at radius 2 is 2.19 bits per heavy atom. The second kappa shape index (κ2) is 6.15. The molecule has 0 bridgehead atoms. The lowest BCUT2D eigenvalue weighted by molar-refractivity contribution is -0.144. The molecule has 0 atom stereocenters. The summed E-state index contributed by atoms with van der Waals surface area (Å²) in [6.45, 7) is 3.15. The van der Waals surface area contributed by atoms with Gasteiger partial charge in [-0.15, -0.1) is 0 Å². The van der Waals surface area contributed by atoms with Gasteiger partial charge in [0.2, 0.25) is 11.7 Å². The van der Waals surface area contributed by atoms with E-state index in [1.54, 1.807) is 6.92 Å². The highest BCUT2D eigenvalue weighted by molar-refractivity contribution is 5.81. The van der Waals surface area contributed by atoms with Crippen LogP contribution in [0.25, 0.3) is 0 Å². The van der Waals surface area contributed by atoms with Crippen LogP contribution in [0, 0.1) is 0 Å². The number of rotatable bonds is 3. The zero-order valence-corrected chi connectivity index (χ0v) is 11.5. The van der Waals surface area contributed by atoms with Crippen molar-refractivity contribution in [3.8, 4) is 0 Å². The number of hydrogen-bond donors (Lipinski definition) is 2. The largest absolute Gasteiger partial charge is 0.451 e. The summed E-state index contributed by atoms with van der Waals surface area (Å²) in [6, 6.07) is 1.43. The van der Waals surface area contributed by atoms with Gasteiger partial charge in [-0.25, -0.2) is 9.97 Å². The van der Waals surface area contributed by atoms with E-state index in [9.17, 15) is 18.0 Å². The van der Waals surface area contributed by atoms with Gasteiger partial charge in [0.15, 0.2) is 0 Å². The predicted molar refractivity (Wildman–Crippen MR) is 71.0 cm³/mol. The van der Waals surface area contributed by atoms with Crippen LogP contribution in [0.15, 0.2) is 6.07 Å². The number of nitrogens with zero attached hydrogens (tertiary/aromatic N) is 3. The zero-order valence-electron chi connectivity index (χ0n) is 11.5. The van der Waals surface area contributed by atoms with Gasteiger partial charge in [0.1, 0.15) is 11.6 Å². The van der Waals surface area contributed by atoms with Gasteiger partial charge >= 0.3 is 6.18 Å². The van der Waals surface area contributed by atoms with E-state index in [1.807, 2.05) is 0 Å². The molecular weight excluding hydrogens is 287 g/mol. The SMILES string of the molecule is CCNc1cc(N2CCCNC(=O)C2)nc(C(F)(F)F)n1. The second-order valence-corrected chi connectivity index (χ2v) is 4.59. The third kappa shape index (κ3) is 3.96. The molecule has 1 aromatic rings. The summed E-state index contributed by atoms with van der Waals surface area (Å²) in [5.74, 6) is -1.24. The summed E-state index contributed by atoms with van der Waals surface area (Å²) in [6.07, 6.45) is -3.98. The monoisotopic (exact) mass is 303 g/mol. The van der Waals surface area contributed by atoms with Crippen molar-refractivity contribution in [1.82, 2.24) is 15.3 Å². The minimum atomic E-state index is -4.63.